The molecule has 0 bridgehead atoms. The Morgan fingerprint density at radius 3 is 2.54 bits per heavy atom. The second kappa shape index (κ2) is 7.21. The molecule has 1 unspecified atom stereocenters. The maximum absolute atomic E-state index is 12.7. The standard InChI is InChI=1S/C16H18N4O6/c1-9-12(14(21)22)13(10-6-5-7-11(8-10)20(24)25)19(15(17-9)26-4)16(23)18(2)3/h5-8,13H,1-4H3,(H,21,22). The maximum atomic E-state index is 12.7. The zero-order valence-corrected chi connectivity index (χ0v) is 14.7. The van der Waals surface area contributed by atoms with Crippen molar-refractivity contribution in [1.29, 1.82) is 0 Å². The third-order valence-corrected chi connectivity index (χ3v) is 3.79. The number of urea groups is 1. The molecule has 0 spiro atoms. The molecule has 10 heteroatoms. The highest BCUT2D eigenvalue weighted by Crippen LogP contribution is 2.37. The number of ether oxygens (including phenoxy) is 1. The van der Waals surface area contributed by atoms with Gasteiger partial charge in [0.1, 0.15) is 6.04 Å². The van der Waals surface area contributed by atoms with Crippen LogP contribution >= 0.6 is 0 Å². The van der Waals surface area contributed by atoms with Crippen molar-refractivity contribution in [2.75, 3.05) is 21.2 Å². The van der Waals surface area contributed by atoms with Gasteiger partial charge < -0.3 is 14.7 Å². The number of carbonyl (C=O) groups excluding carboxylic acids is 1. The van der Waals surface area contributed by atoms with E-state index in [2.05, 4.69) is 4.99 Å². The van der Waals surface area contributed by atoms with Gasteiger partial charge in [-0.25, -0.2) is 19.5 Å². The second-order valence-corrected chi connectivity index (χ2v) is 5.70. The third kappa shape index (κ3) is 3.34. The van der Waals surface area contributed by atoms with Crippen LogP contribution in [-0.4, -0.2) is 59.1 Å². The van der Waals surface area contributed by atoms with E-state index in [4.69, 9.17) is 4.74 Å². The average molecular weight is 362 g/mol. The van der Waals surface area contributed by atoms with Crippen molar-refractivity contribution in [3.8, 4) is 0 Å². The van der Waals surface area contributed by atoms with E-state index < -0.39 is 23.0 Å². The summed E-state index contributed by atoms with van der Waals surface area (Å²) in [5.41, 5.74) is 0.0226. The molecular formula is C16H18N4O6. The highest BCUT2D eigenvalue weighted by Gasteiger charge is 2.41. The van der Waals surface area contributed by atoms with Crippen molar-refractivity contribution in [3.05, 3.63) is 51.2 Å². The fourth-order valence-corrected chi connectivity index (χ4v) is 2.64. The number of nitro groups is 1. The Balaban J connectivity index is 2.74. The fraction of sp³-hybridized carbons (Fsp3) is 0.312. The summed E-state index contributed by atoms with van der Waals surface area (Å²) >= 11 is 0. The van der Waals surface area contributed by atoms with Crippen molar-refractivity contribution in [2.24, 2.45) is 4.99 Å². The Labute approximate surface area is 149 Å². The molecule has 2 rings (SSSR count). The van der Waals surface area contributed by atoms with Crippen LogP contribution in [0.4, 0.5) is 10.5 Å². The molecule has 0 saturated heterocycles. The number of aliphatic imine (C=N–C) groups is 1. The number of hydrogen-bond acceptors (Lipinski definition) is 6. The first kappa shape index (κ1) is 18.9. The van der Waals surface area contributed by atoms with Crippen molar-refractivity contribution >= 4 is 23.7 Å². The molecule has 1 aliphatic heterocycles. The van der Waals surface area contributed by atoms with E-state index in [-0.39, 0.29) is 28.5 Å². The second-order valence-electron chi connectivity index (χ2n) is 5.70. The normalized spacial score (nSPS) is 16.8. The Morgan fingerprint density at radius 2 is 2.04 bits per heavy atom. The number of carbonyl (C=O) groups is 2. The molecule has 1 atom stereocenters. The lowest BCUT2D eigenvalue weighted by molar-refractivity contribution is -0.384. The molecule has 0 aliphatic carbocycles. The molecule has 0 saturated carbocycles. The third-order valence-electron chi connectivity index (χ3n) is 3.79. The van der Waals surface area contributed by atoms with E-state index in [0.29, 0.717) is 0 Å². The van der Waals surface area contributed by atoms with Crippen LogP contribution in [0.1, 0.15) is 18.5 Å². The van der Waals surface area contributed by atoms with Gasteiger partial charge in [-0.2, -0.15) is 0 Å². The van der Waals surface area contributed by atoms with Gasteiger partial charge in [-0.1, -0.05) is 12.1 Å². The van der Waals surface area contributed by atoms with Crippen LogP contribution < -0.4 is 0 Å². The summed E-state index contributed by atoms with van der Waals surface area (Å²) in [5.74, 6) is -1.28. The minimum absolute atomic E-state index is 0.0947. The molecule has 1 N–H and O–H groups in total. The molecule has 1 heterocycles. The molecule has 26 heavy (non-hydrogen) atoms. The molecule has 0 fully saturated rings. The molecule has 0 aromatic heterocycles. The number of hydrogen-bond donors (Lipinski definition) is 1. The number of non-ortho nitro benzene ring substituents is 1. The van der Waals surface area contributed by atoms with Crippen LogP contribution in [0.2, 0.25) is 0 Å². The number of carboxylic acid groups (broad SMARTS) is 1. The molecule has 10 nitrogen and oxygen atoms in total. The number of nitro benzene ring substituents is 1. The first-order chi connectivity index (χ1) is 12.2. The zero-order valence-electron chi connectivity index (χ0n) is 14.7. The zero-order chi connectivity index (χ0) is 19.6. The number of rotatable bonds is 3. The van der Waals surface area contributed by atoms with E-state index in [0.717, 1.165) is 4.90 Å². The van der Waals surface area contributed by atoms with E-state index in [9.17, 15) is 24.8 Å². The number of amides is 2. The maximum Gasteiger partial charge on any atom is 0.335 e. The molecule has 0 radical (unpaired) electrons. The van der Waals surface area contributed by atoms with Crippen LogP contribution in [0.25, 0.3) is 0 Å². The van der Waals surface area contributed by atoms with Gasteiger partial charge >= 0.3 is 18.0 Å². The van der Waals surface area contributed by atoms with Crippen LogP contribution in [0, 0.1) is 10.1 Å². The topological polar surface area (TPSA) is 126 Å². The highest BCUT2D eigenvalue weighted by atomic mass is 16.6. The highest BCUT2D eigenvalue weighted by molar-refractivity contribution is 6.00. The Kier molecular flexibility index (Phi) is 5.24. The molecule has 1 aromatic carbocycles. The van der Waals surface area contributed by atoms with Crippen molar-refractivity contribution in [1.82, 2.24) is 9.80 Å². The van der Waals surface area contributed by atoms with Gasteiger partial charge in [0, 0.05) is 26.2 Å². The molecule has 1 aromatic rings. The smallest absolute Gasteiger partial charge is 0.335 e. The first-order valence-corrected chi connectivity index (χ1v) is 7.50. The molecule has 1 aliphatic rings. The van der Waals surface area contributed by atoms with E-state index in [1.54, 1.807) is 0 Å². The fourth-order valence-electron chi connectivity index (χ4n) is 2.64. The largest absolute Gasteiger partial charge is 0.478 e. The number of benzene rings is 1. The van der Waals surface area contributed by atoms with Gasteiger partial charge in [0.15, 0.2) is 0 Å². The monoisotopic (exact) mass is 362 g/mol. The minimum atomic E-state index is -1.28. The number of nitrogens with zero attached hydrogens (tertiary/aromatic N) is 4. The number of methoxy groups -OCH3 is 1. The van der Waals surface area contributed by atoms with Crippen molar-refractivity contribution in [2.45, 2.75) is 13.0 Å². The quantitative estimate of drug-likeness (QED) is 0.647. The van der Waals surface area contributed by atoms with Gasteiger partial charge in [-0.15, -0.1) is 0 Å². The molecule has 138 valence electrons. The summed E-state index contributed by atoms with van der Waals surface area (Å²) < 4.78 is 5.17. The van der Waals surface area contributed by atoms with E-state index in [1.807, 2.05) is 0 Å². The van der Waals surface area contributed by atoms with Crippen LogP contribution in [-0.2, 0) is 9.53 Å². The van der Waals surface area contributed by atoms with Gasteiger partial charge in [0.05, 0.1) is 23.3 Å². The number of carboxylic acids is 1. The predicted molar refractivity (Wildman–Crippen MR) is 91.5 cm³/mol. The van der Waals surface area contributed by atoms with Gasteiger partial charge in [0.25, 0.3) is 5.69 Å². The summed E-state index contributed by atoms with van der Waals surface area (Å²) in [4.78, 5) is 41.4. The van der Waals surface area contributed by atoms with E-state index in [1.165, 1.54) is 57.3 Å². The number of amidine groups is 1. The Morgan fingerprint density at radius 1 is 1.38 bits per heavy atom. The first-order valence-electron chi connectivity index (χ1n) is 7.50. The summed E-state index contributed by atoms with van der Waals surface area (Å²) in [5, 5.41) is 20.8. The van der Waals surface area contributed by atoms with Gasteiger partial charge in [0.2, 0.25) is 0 Å². The Bertz CT molecular complexity index is 830. The minimum Gasteiger partial charge on any atom is -0.478 e. The van der Waals surface area contributed by atoms with Gasteiger partial charge in [-0.3, -0.25) is 10.1 Å². The van der Waals surface area contributed by atoms with E-state index >= 15 is 0 Å². The van der Waals surface area contributed by atoms with Crippen LogP contribution in [0.15, 0.2) is 40.5 Å². The number of aliphatic carboxylic acids is 1. The lowest BCUT2D eigenvalue weighted by Crippen LogP contribution is -2.49. The van der Waals surface area contributed by atoms with Gasteiger partial charge in [-0.05, 0) is 12.5 Å². The Hall–Kier alpha value is -3.43. The summed E-state index contributed by atoms with van der Waals surface area (Å²) in [7, 11) is 4.29. The van der Waals surface area contributed by atoms with Crippen molar-refractivity contribution < 1.29 is 24.4 Å². The van der Waals surface area contributed by atoms with Crippen LogP contribution in [0.5, 0.6) is 0 Å². The predicted octanol–water partition coefficient (Wildman–Crippen LogP) is 1.99. The summed E-state index contributed by atoms with van der Waals surface area (Å²) in [6.07, 6.45) is 0. The van der Waals surface area contributed by atoms with Crippen molar-refractivity contribution in [3.63, 3.8) is 0 Å². The van der Waals surface area contributed by atoms with Crippen LogP contribution in [0.3, 0.4) is 0 Å². The lowest BCUT2D eigenvalue weighted by Gasteiger charge is -2.36. The SMILES string of the molecule is COC1=NC(C)=C(C(=O)O)C(c2cccc([N+](=O)[O-])c2)N1C(=O)N(C)C. The molecule has 2 amide bonds. The number of allylic oxidation sites excluding steroid dienone is 1. The molecular weight excluding hydrogens is 344 g/mol. The lowest BCUT2D eigenvalue weighted by atomic mass is 9.94. The average Bonchev–Trinajstić information content (AvgIpc) is 2.59. The summed E-state index contributed by atoms with van der Waals surface area (Å²) in [6.45, 7) is 1.48. The summed E-state index contributed by atoms with van der Waals surface area (Å²) in [6, 6.07) is 3.66.